The van der Waals surface area contributed by atoms with Crippen molar-refractivity contribution < 1.29 is 9.90 Å². The molecule has 0 bridgehead atoms. The minimum Gasteiger partial charge on any atom is -0.480 e. The van der Waals surface area contributed by atoms with Crippen LogP contribution in [-0.2, 0) is 16.8 Å². The Morgan fingerprint density at radius 2 is 1.75 bits per heavy atom. The van der Waals surface area contributed by atoms with Crippen molar-refractivity contribution in [2.45, 2.75) is 50.5 Å². The van der Waals surface area contributed by atoms with E-state index in [-0.39, 0.29) is 0 Å². The molecule has 0 aromatic heterocycles. The Morgan fingerprint density at radius 1 is 1.05 bits per heavy atom. The number of carboxylic acids is 1. The quantitative estimate of drug-likeness (QED) is 0.899. The number of fused-ring (bicyclic) bond motifs is 1. The lowest BCUT2D eigenvalue weighted by molar-refractivity contribution is -0.154. The molecule has 1 aromatic carbocycles. The number of aliphatic carboxylic acids is 1. The third-order valence-corrected chi connectivity index (χ3v) is 4.95. The molecule has 1 aliphatic carbocycles. The Kier molecular flexibility index (Phi) is 3.79. The van der Waals surface area contributed by atoms with Gasteiger partial charge in [0, 0.05) is 0 Å². The highest BCUT2D eigenvalue weighted by molar-refractivity contribution is 5.82. The van der Waals surface area contributed by atoms with E-state index in [1.165, 1.54) is 18.4 Å². The number of benzene rings is 1. The van der Waals surface area contributed by atoms with Crippen LogP contribution in [0.4, 0.5) is 0 Å². The average Bonchev–Trinajstić information content (AvgIpc) is 2.75. The average molecular weight is 273 g/mol. The molecule has 0 saturated carbocycles. The fourth-order valence-electron chi connectivity index (χ4n) is 3.95. The van der Waals surface area contributed by atoms with Gasteiger partial charge in [-0.3, -0.25) is 4.90 Å². The van der Waals surface area contributed by atoms with Crippen LogP contribution in [0.3, 0.4) is 0 Å². The first-order valence-corrected chi connectivity index (χ1v) is 7.82. The van der Waals surface area contributed by atoms with Crippen LogP contribution in [0.1, 0.15) is 49.7 Å². The van der Waals surface area contributed by atoms with E-state index >= 15 is 0 Å². The summed E-state index contributed by atoms with van der Waals surface area (Å²) in [5, 5.41) is 10.0. The Hall–Kier alpha value is -1.35. The van der Waals surface area contributed by atoms with Crippen molar-refractivity contribution in [3.8, 4) is 0 Å². The molecule has 108 valence electrons. The maximum atomic E-state index is 12.2. The molecule has 1 heterocycles. The number of aryl methyl sites for hydroxylation is 1. The summed E-state index contributed by atoms with van der Waals surface area (Å²) < 4.78 is 0. The lowest BCUT2D eigenvalue weighted by Crippen LogP contribution is -2.54. The van der Waals surface area contributed by atoms with Gasteiger partial charge in [0.25, 0.3) is 0 Å². The Balaban J connectivity index is 2.06. The molecule has 0 spiro atoms. The van der Waals surface area contributed by atoms with E-state index in [0.29, 0.717) is 0 Å². The maximum Gasteiger partial charge on any atom is 0.328 e. The summed E-state index contributed by atoms with van der Waals surface area (Å²) in [5.74, 6) is -0.661. The first kappa shape index (κ1) is 13.6. The second-order valence-corrected chi connectivity index (χ2v) is 6.08. The topological polar surface area (TPSA) is 40.5 Å². The lowest BCUT2D eigenvalue weighted by atomic mass is 9.75. The van der Waals surface area contributed by atoms with Crippen LogP contribution >= 0.6 is 0 Å². The number of hydrogen-bond donors (Lipinski definition) is 1. The lowest BCUT2D eigenvalue weighted by Gasteiger charge is -2.44. The van der Waals surface area contributed by atoms with Gasteiger partial charge in [-0.15, -0.1) is 0 Å². The van der Waals surface area contributed by atoms with E-state index in [1.807, 2.05) is 18.2 Å². The van der Waals surface area contributed by atoms with Crippen molar-refractivity contribution >= 4 is 5.97 Å². The van der Waals surface area contributed by atoms with Crippen LogP contribution in [-0.4, -0.2) is 29.1 Å². The highest BCUT2D eigenvalue weighted by atomic mass is 16.4. The normalized spacial score (nSPS) is 27.6. The molecule has 1 N–H and O–H groups in total. The Morgan fingerprint density at radius 3 is 2.45 bits per heavy atom. The maximum absolute atomic E-state index is 12.2. The molecular weight excluding hydrogens is 250 g/mol. The van der Waals surface area contributed by atoms with Crippen LogP contribution in [0.2, 0.25) is 0 Å². The van der Waals surface area contributed by atoms with Gasteiger partial charge in [0.15, 0.2) is 0 Å². The van der Waals surface area contributed by atoms with Gasteiger partial charge in [0.1, 0.15) is 5.54 Å². The van der Waals surface area contributed by atoms with Gasteiger partial charge in [0.2, 0.25) is 0 Å². The highest BCUT2D eigenvalue weighted by Gasteiger charge is 2.48. The summed E-state index contributed by atoms with van der Waals surface area (Å²) in [6.07, 6.45) is 7.44. The second kappa shape index (κ2) is 5.57. The number of likely N-dealkylation sites (tertiary alicyclic amines) is 1. The molecule has 1 fully saturated rings. The molecule has 1 aliphatic heterocycles. The van der Waals surface area contributed by atoms with Gasteiger partial charge in [0.05, 0.1) is 0 Å². The van der Waals surface area contributed by atoms with Gasteiger partial charge in [-0.2, -0.15) is 0 Å². The summed E-state index contributed by atoms with van der Waals surface area (Å²) in [6.45, 7) is 1.83. The van der Waals surface area contributed by atoms with Gasteiger partial charge in [-0.05, 0) is 56.3 Å². The molecular formula is C17H23NO2. The third kappa shape index (κ3) is 2.14. The first-order valence-electron chi connectivity index (χ1n) is 7.82. The minimum absolute atomic E-state index is 0.661. The number of carbonyl (C=O) groups is 1. The molecule has 0 radical (unpaired) electrons. The first-order chi connectivity index (χ1) is 9.75. The monoisotopic (exact) mass is 273 g/mol. The van der Waals surface area contributed by atoms with E-state index in [4.69, 9.17) is 0 Å². The molecule has 20 heavy (non-hydrogen) atoms. The molecule has 1 saturated heterocycles. The second-order valence-electron chi connectivity index (χ2n) is 6.08. The Labute approximate surface area is 120 Å². The van der Waals surface area contributed by atoms with Gasteiger partial charge in [-0.1, -0.05) is 37.1 Å². The van der Waals surface area contributed by atoms with Crippen LogP contribution < -0.4 is 0 Å². The van der Waals surface area contributed by atoms with Crippen molar-refractivity contribution in [2.75, 3.05) is 13.1 Å². The summed E-state index contributed by atoms with van der Waals surface area (Å²) in [6, 6.07) is 8.15. The zero-order chi connectivity index (χ0) is 14.0. The van der Waals surface area contributed by atoms with E-state index < -0.39 is 11.5 Å². The number of hydrogen-bond acceptors (Lipinski definition) is 2. The van der Waals surface area contributed by atoms with Crippen LogP contribution in [0.5, 0.6) is 0 Å². The van der Waals surface area contributed by atoms with Crippen LogP contribution in [0, 0.1) is 0 Å². The zero-order valence-electron chi connectivity index (χ0n) is 12.0. The Bertz CT molecular complexity index is 492. The summed E-state index contributed by atoms with van der Waals surface area (Å²) in [5.41, 5.74) is 1.49. The summed E-state index contributed by atoms with van der Waals surface area (Å²) in [7, 11) is 0. The van der Waals surface area contributed by atoms with E-state index in [0.717, 1.165) is 50.8 Å². The van der Waals surface area contributed by atoms with Crippen molar-refractivity contribution in [3.05, 3.63) is 35.4 Å². The molecule has 1 unspecified atom stereocenters. The number of nitrogens with zero attached hydrogens (tertiary/aromatic N) is 1. The van der Waals surface area contributed by atoms with E-state index in [1.54, 1.807) is 0 Å². The number of carboxylic acid groups (broad SMARTS) is 1. The number of rotatable bonds is 2. The molecule has 0 amide bonds. The van der Waals surface area contributed by atoms with Crippen molar-refractivity contribution in [2.24, 2.45) is 0 Å². The molecule has 1 aromatic rings. The van der Waals surface area contributed by atoms with E-state index in [9.17, 15) is 9.90 Å². The van der Waals surface area contributed by atoms with Crippen LogP contribution in [0.15, 0.2) is 24.3 Å². The van der Waals surface area contributed by atoms with E-state index in [2.05, 4.69) is 11.0 Å². The fraction of sp³-hybridized carbons (Fsp3) is 0.588. The standard InChI is InChI=1S/C17H23NO2/c19-16(20)17(18-12-5-1-2-6-13-18)11-7-9-14-8-3-4-10-15(14)17/h3-4,8,10H,1-2,5-7,9,11-13H2,(H,19,20). The molecule has 1 atom stereocenters. The van der Waals surface area contributed by atoms with Crippen LogP contribution in [0.25, 0.3) is 0 Å². The molecule has 2 aliphatic rings. The van der Waals surface area contributed by atoms with Crippen molar-refractivity contribution in [1.29, 1.82) is 0 Å². The van der Waals surface area contributed by atoms with Gasteiger partial charge < -0.3 is 5.11 Å². The molecule has 3 nitrogen and oxygen atoms in total. The molecule has 3 heteroatoms. The largest absolute Gasteiger partial charge is 0.480 e. The smallest absolute Gasteiger partial charge is 0.328 e. The third-order valence-electron chi connectivity index (χ3n) is 4.95. The zero-order valence-corrected chi connectivity index (χ0v) is 12.0. The van der Waals surface area contributed by atoms with Crippen molar-refractivity contribution in [1.82, 2.24) is 4.90 Å². The SMILES string of the molecule is O=C(O)C1(N2CCCCCC2)CCCc2ccccc21. The predicted molar refractivity (Wildman–Crippen MR) is 78.7 cm³/mol. The van der Waals surface area contributed by atoms with Gasteiger partial charge in [-0.25, -0.2) is 4.79 Å². The predicted octanol–water partition coefficient (Wildman–Crippen LogP) is 3.18. The summed E-state index contributed by atoms with van der Waals surface area (Å²) in [4.78, 5) is 14.5. The fourth-order valence-corrected chi connectivity index (χ4v) is 3.95. The van der Waals surface area contributed by atoms with Gasteiger partial charge >= 0.3 is 5.97 Å². The minimum atomic E-state index is -0.779. The molecule has 3 rings (SSSR count). The highest BCUT2D eigenvalue weighted by Crippen LogP contribution is 2.41. The van der Waals surface area contributed by atoms with Crippen molar-refractivity contribution in [3.63, 3.8) is 0 Å². The summed E-state index contributed by atoms with van der Waals surface area (Å²) >= 11 is 0.